The minimum absolute atomic E-state index is 0.118. The van der Waals surface area contributed by atoms with Gasteiger partial charge in [-0.3, -0.25) is 9.69 Å². The summed E-state index contributed by atoms with van der Waals surface area (Å²) >= 11 is 12.0. The average molecular weight is 430 g/mol. The molecule has 0 saturated carbocycles. The number of amides is 1. The number of carbonyl (C=O) groups is 1. The van der Waals surface area contributed by atoms with Crippen molar-refractivity contribution in [1.29, 1.82) is 0 Å². The standard InChI is InChI=1S/C18H21Cl2N3O3S/c1-22(2)27(25,26)17-6-4-5-16(10-17)21-18(24)12-23(3)11-13-7-14(19)9-15(20)8-13/h4-10H,11-12H2,1-3H3,(H,21,24). The number of hydrogen-bond donors (Lipinski definition) is 1. The predicted octanol–water partition coefficient (Wildman–Crippen LogP) is 3.31. The number of carbonyl (C=O) groups excluding carboxylic acids is 1. The SMILES string of the molecule is CN(CC(=O)Nc1cccc(S(=O)(=O)N(C)C)c1)Cc1cc(Cl)cc(Cl)c1. The van der Waals surface area contributed by atoms with E-state index in [1.807, 2.05) is 0 Å². The third kappa shape index (κ3) is 6.19. The minimum Gasteiger partial charge on any atom is -0.325 e. The van der Waals surface area contributed by atoms with Crippen molar-refractivity contribution >= 4 is 44.8 Å². The first-order valence-electron chi connectivity index (χ1n) is 8.04. The lowest BCUT2D eigenvalue weighted by atomic mass is 10.2. The van der Waals surface area contributed by atoms with Gasteiger partial charge in [-0.15, -0.1) is 0 Å². The predicted molar refractivity (Wildman–Crippen MR) is 109 cm³/mol. The molecule has 2 rings (SSSR count). The number of nitrogens with zero attached hydrogens (tertiary/aromatic N) is 2. The summed E-state index contributed by atoms with van der Waals surface area (Å²) in [4.78, 5) is 14.2. The maximum absolute atomic E-state index is 12.3. The molecule has 27 heavy (non-hydrogen) atoms. The van der Waals surface area contributed by atoms with Gasteiger partial charge in [-0.1, -0.05) is 29.3 Å². The summed E-state index contributed by atoms with van der Waals surface area (Å²) in [5, 5.41) is 3.79. The molecule has 0 aliphatic heterocycles. The molecule has 0 aromatic heterocycles. The van der Waals surface area contributed by atoms with Crippen molar-refractivity contribution in [3.8, 4) is 0 Å². The monoisotopic (exact) mass is 429 g/mol. The summed E-state index contributed by atoms with van der Waals surface area (Å²) in [6.45, 7) is 0.609. The highest BCUT2D eigenvalue weighted by Gasteiger charge is 2.17. The van der Waals surface area contributed by atoms with E-state index in [2.05, 4.69) is 5.32 Å². The molecule has 0 atom stereocenters. The minimum atomic E-state index is -3.56. The van der Waals surface area contributed by atoms with Crippen LogP contribution in [0.25, 0.3) is 0 Å². The molecule has 0 saturated heterocycles. The van der Waals surface area contributed by atoms with Crippen molar-refractivity contribution in [3.63, 3.8) is 0 Å². The molecule has 9 heteroatoms. The van der Waals surface area contributed by atoms with Crippen molar-refractivity contribution in [2.75, 3.05) is 33.0 Å². The summed E-state index contributed by atoms with van der Waals surface area (Å²) < 4.78 is 25.5. The molecule has 0 unspecified atom stereocenters. The Labute approximate surface area is 169 Å². The van der Waals surface area contributed by atoms with Gasteiger partial charge in [0.05, 0.1) is 11.4 Å². The van der Waals surface area contributed by atoms with Crippen LogP contribution in [0.2, 0.25) is 10.0 Å². The van der Waals surface area contributed by atoms with Crippen molar-refractivity contribution < 1.29 is 13.2 Å². The quantitative estimate of drug-likeness (QED) is 0.732. The summed E-state index contributed by atoms with van der Waals surface area (Å²) in [6, 6.07) is 11.4. The van der Waals surface area contributed by atoms with E-state index in [0.29, 0.717) is 22.3 Å². The first kappa shape index (κ1) is 21.7. The maximum atomic E-state index is 12.3. The van der Waals surface area contributed by atoms with Crippen molar-refractivity contribution in [2.24, 2.45) is 0 Å². The van der Waals surface area contributed by atoms with Gasteiger partial charge in [-0.25, -0.2) is 12.7 Å². The van der Waals surface area contributed by atoms with E-state index >= 15 is 0 Å². The first-order chi connectivity index (χ1) is 12.6. The lowest BCUT2D eigenvalue weighted by Crippen LogP contribution is -2.30. The number of rotatable bonds is 7. The Kier molecular flexibility index (Phi) is 7.25. The molecule has 6 nitrogen and oxygen atoms in total. The number of halogens is 2. The molecule has 0 spiro atoms. The smallest absolute Gasteiger partial charge is 0.242 e. The summed E-state index contributed by atoms with van der Waals surface area (Å²) in [6.07, 6.45) is 0. The van der Waals surface area contributed by atoms with Gasteiger partial charge >= 0.3 is 0 Å². The largest absolute Gasteiger partial charge is 0.325 e. The van der Waals surface area contributed by atoms with Crippen LogP contribution in [0.3, 0.4) is 0 Å². The van der Waals surface area contributed by atoms with E-state index in [-0.39, 0.29) is 17.3 Å². The summed E-state index contributed by atoms with van der Waals surface area (Å²) in [5.41, 5.74) is 1.31. The van der Waals surface area contributed by atoms with Crippen LogP contribution in [-0.4, -0.2) is 51.2 Å². The van der Waals surface area contributed by atoms with Gasteiger partial charge in [-0.2, -0.15) is 0 Å². The third-order valence-electron chi connectivity index (χ3n) is 3.68. The second-order valence-electron chi connectivity index (χ2n) is 6.31. The van der Waals surface area contributed by atoms with Gasteiger partial charge in [0.1, 0.15) is 0 Å². The van der Waals surface area contributed by atoms with Crippen LogP contribution >= 0.6 is 23.2 Å². The van der Waals surface area contributed by atoms with Crippen molar-refractivity contribution in [2.45, 2.75) is 11.4 Å². The van der Waals surface area contributed by atoms with Gasteiger partial charge in [0.15, 0.2) is 0 Å². The van der Waals surface area contributed by atoms with Gasteiger partial charge in [0.2, 0.25) is 15.9 Å². The molecule has 1 amide bonds. The van der Waals surface area contributed by atoms with Gasteiger partial charge in [-0.05, 0) is 49.0 Å². The summed E-state index contributed by atoms with van der Waals surface area (Å²) in [7, 11) is 1.14. The fraction of sp³-hybridized carbons (Fsp3) is 0.278. The van der Waals surface area contributed by atoms with Crippen LogP contribution in [-0.2, 0) is 21.4 Å². The number of sulfonamides is 1. The highest BCUT2D eigenvalue weighted by atomic mass is 35.5. The molecular weight excluding hydrogens is 409 g/mol. The van der Waals surface area contributed by atoms with Crippen LogP contribution in [0.1, 0.15) is 5.56 Å². The fourth-order valence-corrected chi connectivity index (χ4v) is 3.98. The highest BCUT2D eigenvalue weighted by Crippen LogP contribution is 2.20. The lowest BCUT2D eigenvalue weighted by molar-refractivity contribution is -0.117. The van der Waals surface area contributed by atoms with Crippen molar-refractivity contribution in [1.82, 2.24) is 9.21 Å². The molecule has 0 radical (unpaired) electrons. The van der Waals surface area contributed by atoms with Crippen LogP contribution in [0.15, 0.2) is 47.4 Å². The molecule has 0 bridgehead atoms. The van der Waals surface area contributed by atoms with E-state index in [1.54, 1.807) is 42.3 Å². The molecule has 2 aromatic carbocycles. The topological polar surface area (TPSA) is 69.7 Å². The van der Waals surface area contributed by atoms with E-state index in [4.69, 9.17) is 23.2 Å². The number of nitrogens with one attached hydrogen (secondary N) is 1. The molecule has 1 N–H and O–H groups in total. The van der Waals surface area contributed by atoms with Gasteiger partial charge < -0.3 is 5.32 Å². The Morgan fingerprint density at radius 3 is 2.26 bits per heavy atom. The Hall–Kier alpha value is -1.64. The molecule has 0 aliphatic carbocycles. The van der Waals surface area contributed by atoms with Crippen LogP contribution in [0.5, 0.6) is 0 Å². The maximum Gasteiger partial charge on any atom is 0.242 e. The Morgan fingerprint density at radius 2 is 1.67 bits per heavy atom. The fourth-order valence-electron chi connectivity index (χ4n) is 2.46. The Balaban J connectivity index is 2.01. The zero-order valence-corrected chi connectivity index (χ0v) is 17.6. The lowest BCUT2D eigenvalue weighted by Gasteiger charge is -2.17. The van der Waals surface area contributed by atoms with Crippen LogP contribution in [0.4, 0.5) is 5.69 Å². The zero-order valence-electron chi connectivity index (χ0n) is 15.2. The molecule has 0 aliphatic rings. The van der Waals surface area contributed by atoms with Crippen molar-refractivity contribution in [3.05, 3.63) is 58.1 Å². The third-order valence-corrected chi connectivity index (χ3v) is 5.93. The highest BCUT2D eigenvalue weighted by molar-refractivity contribution is 7.89. The Bertz CT molecular complexity index is 913. The molecule has 2 aromatic rings. The Morgan fingerprint density at radius 1 is 1.04 bits per heavy atom. The number of benzene rings is 2. The van der Waals surface area contributed by atoms with E-state index in [1.165, 1.54) is 26.2 Å². The second-order valence-corrected chi connectivity index (χ2v) is 9.34. The van der Waals surface area contributed by atoms with Crippen LogP contribution in [0, 0.1) is 0 Å². The van der Waals surface area contributed by atoms with Crippen LogP contribution < -0.4 is 5.32 Å². The second kappa shape index (κ2) is 9.03. The van der Waals surface area contributed by atoms with E-state index in [9.17, 15) is 13.2 Å². The average Bonchev–Trinajstić information content (AvgIpc) is 2.53. The summed E-state index contributed by atoms with van der Waals surface area (Å²) in [5.74, 6) is -0.259. The van der Waals surface area contributed by atoms with Gasteiger partial charge in [0, 0.05) is 36.4 Å². The molecule has 0 heterocycles. The first-order valence-corrected chi connectivity index (χ1v) is 10.2. The number of anilines is 1. The number of likely N-dealkylation sites (N-methyl/N-ethyl adjacent to an activating group) is 1. The van der Waals surface area contributed by atoms with Gasteiger partial charge in [0.25, 0.3) is 0 Å². The molecule has 0 fully saturated rings. The van der Waals surface area contributed by atoms with E-state index in [0.717, 1.165) is 9.87 Å². The normalized spacial score (nSPS) is 11.8. The molecular formula is C18H21Cl2N3O3S. The molecule has 146 valence electrons. The van der Waals surface area contributed by atoms with E-state index < -0.39 is 10.0 Å². The zero-order chi connectivity index (χ0) is 20.2. The number of hydrogen-bond acceptors (Lipinski definition) is 4.